The standard InChI is InChI=1S/C15H21NO6/c1-9(2)22-15(19)16-11(14(17)18)7-10-5-6-12(20-3)13(8-10)21-4/h5-6,8-9,11H,7H2,1-4H3,(H,16,19)(H,17,18)/t11-/m0/s1. The van der Waals surface area contributed by atoms with E-state index < -0.39 is 18.1 Å². The van der Waals surface area contributed by atoms with Gasteiger partial charge in [-0.05, 0) is 31.5 Å². The first-order chi connectivity index (χ1) is 10.4. The van der Waals surface area contributed by atoms with Gasteiger partial charge in [0.2, 0.25) is 0 Å². The second kappa shape index (κ2) is 8.11. The molecule has 0 aliphatic heterocycles. The summed E-state index contributed by atoms with van der Waals surface area (Å²) in [6.45, 7) is 3.37. The van der Waals surface area contributed by atoms with Gasteiger partial charge in [-0.3, -0.25) is 0 Å². The minimum Gasteiger partial charge on any atom is -0.493 e. The molecule has 1 aromatic carbocycles. The Balaban J connectivity index is 2.83. The Kier molecular flexibility index (Phi) is 6.49. The Hall–Kier alpha value is -2.44. The van der Waals surface area contributed by atoms with Gasteiger partial charge in [0, 0.05) is 6.42 Å². The Bertz CT molecular complexity index is 529. The van der Waals surface area contributed by atoms with Crippen molar-refractivity contribution in [1.29, 1.82) is 0 Å². The summed E-state index contributed by atoms with van der Waals surface area (Å²) < 4.78 is 15.2. The van der Waals surface area contributed by atoms with Gasteiger partial charge in [0.05, 0.1) is 20.3 Å². The van der Waals surface area contributed by atoms with Crippen molar-refractivity contribution >= 4 is 12.1 Å². The molecule has 22 heavy (non-hydrogen) atoms. The Morgan fingerprint density at radius 3 is 2.32 bits per heavy atom. The molecule has 0 fully saturated rings. The van der Waals surface area contributed by atoms with Crippen LogP contribution in [0.1, 0.15) is 19.4 Å². The van der Waals surface area contributed by atoms with Crippen molar-refractivity contribution in [3.8, 4) is 11.5 Å². The number of carboxylic acid groups (broad SMARTS) is 1. The first-order valence-electron chi connectivity index (χ1n) is 6.78. The lowest BCUT2D eigenvalue weighted by atomic mass is 10.1. The van der Waals surface area contributed by atoms with Gasteiger partial charge < -0.3 is 24.6 Å². The van der Waals surface area contributed by atoms with E-state index in [2.05, 4.69) is 5.32 Å². The predicted molar refractivity (Wildman–Crippen MR) is 79.4 cm³/mol. The van der Waals surface area contributed by atoms with E-state index in [1.165, 1.54) is 14.2 Å². The van der Waals surface area contributed by atoms with Crippen molar-refractivity contribution in [3.63, 3.8) is 0 Å². The van der Waals surface area contributed by atoms with E-state index in [0.29, 0.717) is 17.1 Å². The number of carboxylic acids is 1. The minimum absolute atomic E-state index is 0.100. The highest BCUT2D eigenvalue weighted by Gasteiger charge is 2.22. The highest BCUT2D eigenvalue weighted by Crippen LogP contribution is 2.28. The number of amides is 1. The molecule has 0 radical (unpaired) electrons. The molecule has 7 heteroatoms. The Morgan fingerprint density at radius 1 is 1.18 bits per heavy atom. The van der Waals surface area contributed by atoms with Crippen LogP contribution in [-0.4, -0.2) is 43.5 Å². The van der Waals surface area contributed by atoms with E-state index in [1.54, 1.807) is 32.0 Å². The van der Waals surface area contributed by atoms with Gasteiger partial charge >= 0.3 is 12.1 Å². The van der Waals surface area contributed by atoms with Crippen molar-refractivity contribution in [1.82, 2.24) is 5.32 Å². The molecule has 0 heterocycles. The summed E-state index contributed by atoms with van der Waals surface area (Å²) >= 11 is 0. The lowest BCUT2D eigenvalue weighted by Gasteiger charge is -2.17. The molecule has 0 aromatic heterocycles. The third-order valence-electron chi connectivity index (χ3n) is 2.82. The summed E-state index contributed by atoms with van der Waals surface area (Å²) in [5, 5.41) is 11.5. The van der Waals surface area contributed by atoms with Gasteiger partial charge in [-0.25, -0.2) is 9.59 Å². The zero-order chi connectivity index (χ0) is 16.7. The number of hydrogen-bond acceptors (Lipinski definition) is 5. The fourth-order valence-electron chi connectivity index (χ4n) is 1.83. The molecule has 1 aromatic rings. The lowest BCUT2D eigenvalue weighted by molar-refractivity contribution is -0.139. The zero-order valence-electron chi connectivity index (χ0n) is 13.1. The molecular weight excluding hydrogens is 290 g/mol. The van der Waals surface area contributed by atoms with Crippen LogP contribution in [0.15, 0.2) is 18.2 Å². The summed E-state index contributed by atoms with van der Waals surface area (Å²) in [6.07, 6.45) is -0.985. The van der Waals surface area contributed by atoms with Gasteiger partial charge in [-0.15, -0.1) is 0 Å². The molecule has 0 aliphatic carbocycles. The highest BCUT2D eigenvalue weighted by molar-refractivity contribution is 5.80. The fourth-order valence-corrected chi connectivity index (χ4v) is 1.83. The minimum atomic E-state index is -1.14. The van der Waals surface area contributed by atoms with Gasteiger partial charge in [0.15, 0.2) is 11.5 Å². The van der Waals surface area contributed by atoms with Crippen molar-refractivity contribution in [2.24, 2.45) is 0 Å². The first kappa shape index (κ1) is 17.6. The van der Waals surface area contributed by atoms with E-state index in [0.717, 1.165) is 0 Å². The summed E-state index contributed by atoms with van der Waals surface area (Å²) in [7, 11) is 3.01. The molecule has 0 bridgehead atoms. The molecule has 0 saturated carbocycles. The number of aliphatic carboxylic acids is 1. The molecule has 2 N–H and O–H groups in total. The van der Waals surface area contributed by atoms with E-state index >= 15 is 0 Å². The van der Waals surface area contributed by atoms with Gasteiger partial charge in [0.25, 0.3) is 0 Å². The van der Waals surface area contributed by atoms with Crippen molar-refractivity contribution in [2.75, 3.05) is 14.2 Å². The number of carbonyl (C=O) groups is 2. The van der Waals surface area contributed by atoms with Crippen molar-refractivity contribution in [2.45, 2.75) is 32.4 Å². The van der Waals surface area contributed by atoms with Crippen LogP contribution < -0.4 is 14.8 Å². The van der Waals surface area contributed by atoms with Crippen molar-refractivity contribution in [3.05, 3.63) is 23.8 Å². The molecule has 0 unspecified atom stereocenters. The fraction of sp³-hybridized carbons (Fsp3) is 0.467. The van der Waals surface area contributed by atoms with Crippen LogP contribution in [0.25, 0.3) is 0 Å². The van der Waals surface area contributed by atoms with Crippen LogP contribution in [0.2, 0.25) is 0 Å². The number of alkyl carbamates (subject to hydrolysis) is 1. The van der Waals surface area contributed by atoms with E-state index in [-0.39, 0.29) is 12.5 Å². The van der Waals surface area contributed by atoms with E-state index in [4.69, 9.17) is 14.2 Å². The van der Waals surface area contributed by atoms with Gasteiger partial charge in [-0.2, -0.15) is 0 Å². The third kappa shape index (κ3) is 5.16. The zero-order valence-corrected chi connectivity index (χ0v) is 13.1. The van der Waals surface area contributed by atoms with E-state index in [1.807, 2.05) is 0 Å². The van der Waals surface area contributed by atoms with Crippen molar-refractivity contribution < 1.29 is 28.9 Å². The van der Waals surface area contributed by atoms with Crippen LogP contribution in [0, 0.1) is 0 Å². The van der Waals surface area contributed by atoms with Crippen LogP contribution in [0.5, 0.6) is 11.5 Å². The molecule has 1 amide bonds. The molecule has 0 spiro atoms. The topological polar surface area (TPSA) is 94.1 Å². The highest BCUT2D eigenvalue weighted by atomic mass is 16.6. The number of ether oxygens (including phenoxy) is 3. The molecule has 7 nitrogen and oxygen atoms in total. The molecule has 122 valence electrons. The number of hydrogen-bond donors (Lipinski definition) is 2. The maximum Gasteiger partial charge on any atom is 0.408 e. The summed E-state index contributed by atoms with van der Waals surface area (Å²) in [4.78, 5) is 22.8. The number of benzene rings is 1. The number of methoxy groups -OCH3 is 2. The van der Waals surface area contributed by atoms with Crippen LogP contribution in [0.4, 0.5) is 4.79 Å². The second-order valence-electron chi connectivity index (χ2n) is 4.88. The molecule has 0 saturated heterocycles. The van der Waals surface area contributed by atoms with E-state index in [9.17, 15) is 14.7 Å². The molecule has 1 atom stereocenters. The summed E-state index contributed by atoms with van der Waals surface area (Å²) in [6, 6.07) is 3.97. The quantitative estimate of drug-likeness (QED) is 0.798. The lowest BCUT2D eigenvalue weighted by Crippen LogP contribution is -2.43. The molecular formula is C15H21NO6. The Labute approximate surface area is 129 Å². The largest absolute Gasteiger partial charge is 0.493 e. The smallest absolute Gasteiger partial charge is 0.408 e. The molecule has 0 aliphatic rings. The first-order valence-corrected chi connectivity index (χ1v) is 6.78. The second-order valence-corrected chi connectivity index (χ2v) is 4.88. The third-order valence-corrected chi connectivity index (χ3v) is 2.82. The van der Waals surface area contributed by atoms with Crippen LogP contribution in [-0.2, 0) is 16.0 Å². The number of carbonyl (C=O) groups excluding carboxylic acids is 1. The van der Waals surface area contributed by atoms with Gasteiger partial charge in [-0.1, -0.05) is 6.07 Å². The maximum absolute atomic E-state index is 11.5. The number of rotatable bonds is 7. The maximum atomic E-state index is 11.5. The average molecular weight is 311 g/mol. The SMILES string of the molecule is COc1ccc(C[C@H](NC(=O)OC(C)C)C(=O)O)cc1OC. The van der Waals surface area contributed by atoms with Gasteiger partial charge in [0.1, 0.15) is 6.04 Å². The molecule has 1 rings (SSSR count). The summed E-state index contributed by atoms with van der Waals surface area (Å²) in [5.74, 6) is -0.102. The average Bonchev–Trinajstić information content (AvgIpc) is 2.45. The Morgan fingerprint density at radius 2 is 1.82 bits per heavy atom. The number of nitrogens with one attached hydrogen (secondary N) is 1. The normalized spacial score (nSPS) is 11.7. The van der Waals surface area contributed by atoms with Crippen LogP contribution in [0.3, 0.4) is 0 Å². The predicted octanol–water partition coefficient (Wildman–Crippen LogP) is 1.83. The summed E-state index contributed by atoms with van der Waals surface area (Å²) in [5.41, 5.74) is 0.690. The van der Waals surface area contributed by atoms with Crippen LogP contribution >= 0.6 is 0 Å². The monoisotopic (exact) mass is 311 g/mol.